The highest BCUT2D eigenvalue weighted by atomic mass is 15.3. The van der Waals surface area contributed by atoms with E-state index in [0.717, 1.165) is 30.2 Å². The summed E-state index contributed by atoms with van der Waals surface area (Å²) in [6, 6.07) is 11.7. The number of fused-ring (bicyclic) bond motifs is 1. The van der Waals surface area contributed by atoms with Crippen molar-refractivity contribution in [2.75, 3.05) is 18.0 Å². The van der Waals surface area contributed by atoms with Crippen LogP contribution in [0.5, 0.6) is 0 Å². The summed E-state index contributed by atoms with van der Waals surface area (Å²) in [4.78, 5) is 11.2. The number of hydrogen-bond donors (Lipinski definition) is 0. The van der Waals surface area contributed by atoms with Crippen LogP contribution in [0.25, 0.3) is 17.0 Å². The molecule has 114 valence electrons. The van der Waals surface area contributed by atoms with Gasteiger partial charge in [0.2, 0.25) is 0 Å². The zero-order valence-corrected chi connectivity index (χ0v) is 12.8. The van der Waals surface area contributed by atoms with Gasteiger partial charge in [-0.15, -0.1) is 0 Å². The maximum atomic E-state index is 8.96. The van der Waals surface area contributed by atoms with Crippen molar-refractivity contribution in [3.05, 3.63) is 42.2 Å². The molecule has 23 heavy (non-hydrogen) atoms. The van der Waals surface area contributed by atoms with Crippen molar-refractivity contribution in [3.8, 4) is 17.3 Å². The predicted octanol–water partition coefficient (Wildman–Crippen LogP) is 2.51. The Morgan fingerprint density at radius 1 is 1.26 bits per heavy atom. The lowest BCUT2D eigenvalue weighted by Crippen LogP contribution is -2.21. The fourth-order valence-corrected chi connectivity index (χ4v) is 3.03. The Morgan fingerprint density at radius 2 is 2.09 bits per heavy atom. The van der Waals surface area contributed by atoms with Crippen molar-refractivity contribution in [1.82, 2.24) is 19.6 Å². The standard InChI is InChI=1S/C17H16N6/c1-12-6-7-22(10-12)16-8-15(23-17(21-16)19-11-20-23)14-4-2-13(9-18)3-5-14/h2-5,8,11-12H,6-7,10H2,1H3. The summed E-state index contributed by atoms with van der Waals surface area (Å²) in [5.41, 5.74) is 2.58. The van der Waals surface area contributed by atoms with Crippen LogP contribution >= 0.6 is 0 Å². The molecule has 1 aromatic carbocycles. The molecule has 4 rings (SSSR count). The minimum Gasteiger partial charge on any atom is -0.356 e. The highest BCUT2D eigenvalue weighted by Crippen LogP contribution is 2.27. The molecule has 0 N–H and O–H groups in total. The third kappa shape index (κ3) is 2.40. The number of nitriles is 1. The number of rotatable bonds is 2. The lowest BCUT2D eigenvalue weighted by molar-refractivity contribution is 0.659. The summed E-state index contributed by atoms with van der Waals surface area (Å²) in [5, 5.41) is 13.2. The molecule has 1 fully saturated rings. The van der Waals surface area contributed by atoms with Gasteiger partial charge in [0, 0.05) is 24.7 Å². The third-order valence-electron chi connectivity index (χ3n) is 4.30. The second-order valence-corrected chi connectivity index (χ2v) is 6.00. The Kier molecular flexibility index (Phi) is 3.19. The van der Waals surface area contributed by atoms with E-state index in [1.807, 2.05) is 24.3 Å². The Labute approximate surface area is 134 Å². The first-order valence-electron chi connectivity index (χ1n) is 7.71. The summed E-state index contributed by atoms with van der Waals surface area (Å²) in [7, 11) is 0. The number of aromatic nitrogens is 4. The fourth-order valence-electron chi connectivity index (χ4n) is 3.03. The summed E-state index contributed by atoms with van der Waals surface area (Å²) >= 11 is 0. The Bertz CT molecular complexity index is 890. The molecule has 0 amide bonds. The molecular weight excluding hydrogens is 288 g/mol. The molecule has 3 aromatic rings. The van der Waals surface area contributed by atoms with Gasteiger partial charge in [-0.3, -0.25) is 0 Å². The zero-order chi connectivity index (χ0) is 15.8. The van der Waals surface area contributed by atoms with Crippen LogP contribution in [-0.4, -0.2) is 32.7 Å². The maximum absolute atomic E-state index is 8.96. The second-order valence-electron chi connectivity index (χ2n) is 6.00. The summed E-state index contributed by atoms with van der Waals surface area (Å²) in [6.07, 6.45) is 2.71. The molecule has 6 heteroatoms. The van der Waals surface area contributed by atoms with Crippen LogP contribution in [0.15, 0.2) is 36.7 Å². The van der Waals surface area contributed by atoms with Crippen LogP contribution in [0.1, 0.15) is 18.9 Å². The van der Waals surface area contributed by atoms with E-state index >= 15 is 0 Å². The highest BCUT2D eigenvalue weighted by Gasteiger charge is 2.21. The Hall–Kier alpha value is -2.94. The number of hydrogen-bond acceptors (Lipinski definition) is 5. The third-order valence-corrected chi connectivity index (χ3v) is 4.30. The van der Waals surface area contributed by atoms with E-state index in [1.165, 1.54) is 12.7 Å². The molecule has 1 saturated heterocycles. The van der Waals surface area contributed by atoms with E-state index < -0.39 is 0 Å². The number of anilines is 1. The van der Waals surface area contributed by atoms with Crippen molar-refractivity contribution < 1.29 is 0 Å². The van der Waals surface area contributed by atoms with Crippen LogP contribution in [0.4, 0.5) is 5.82 Å². The molecule has 0 saturated carbocycles. The summed E-state index contributed by atoms with van der Waals surface area (Å²) < 4.78 is 1.74. The second kappa shape index (κ2) is 5.36. The number of nitrogens with zero attached hydrogens (tertiary/aromatic N) is 6. The molecule has 6 nitrogen and oxygen atoms in total. The summed E-state index contributed by atoms with van der Waals surface area (Å²) in [5.74, 6) is 2.22. The molecular formula is C17H16N6. The first-order chi connectivity index (χ1) is 11.2. The monoisotopic (exact) mass is 304 g/mol. The smallest absolute Gasteiger partial charge is 0.254 e. The molecule has 3 heterocycles. The Morgan fingerprint density at radius 3 is 2.78 bits per heavy atom. The van der Waals surface area contributed by atoms with Gasteiger partial charge in [-0.1, -0.05) is 19.1 Å². The largest absolute Gasteiger partial charge is 0.356 e. The summed E-state index contributed by atoms with van der Waals surface area (Å²) in [6.45, 7) is 4.30. The SMILES string of the molecule is CC1CCN(c2cc(-c3ccc(C#N)cc3)n3ncnc3n2)C1. The van der Waals surface area contributed by atoms with E-state index in [0.29, 0.717) is 17.3 Å². The van der Waals surface area contributed by atoms with Crippen LogP contribution < -0.4 is 4.90 Å². The average molecular weight is 304 g/mol. The van der Waals surface area contributed by atoms with Crippen LogP contribution in [-0.2, 0) is 0 Å². The van der Waals surface area contributed by atoms with Gasteiger partial charge in [0.15, 0.2) is 0 Å². The van der Waals surface area contributed by atoms with E-state index in [4.69, 9.17) is 5.26 Å². The van der Waals surface area contributed by atoms with Gasteiger partial charge in [0.05, 0.1) is 17.3 Å². The molecule has 1 aliphatic heterocycles. The van der Waals surface area contributed by atoms with Crippen molar-refractivity contribution in [2.45, 2.75) is 13.3 Å². The lowest BCUT2D eigenvalue weighted by atomic mass is 10.1. The van der Waals surface area contributed by atoms with Crippen molar-refractivity contribution >= 4 is 11.6 Å². The van der Waals surface area contributed by atoms with Crippen LogP contribution in [0.2, 0.25) is 0 Å². The number of benzene rings is 1. The van der Waals surface area contributed by atoms with Gasteiger partial charge in [0.1, 0.15) is 12.1 Å². The van der Waals surface area contributed by atoms with Gasteiger partial charge >= 0.3 is 0 Å². The van der Waals surface area contributed by atoms with Gasteiger partial charge < -0.3 is 4.90 Å². The first kappa shape index (κ1) is 13.7. The van der Waals surface area contributed by atoms with Crippen LogP contribution in [0.3, 0.4) is 0 Å². The molecule has 0 radical (unpaired) electrons. The molecule has 0 aliphatic carbocycles. The van der Waals surface area contributed by atoms with Crippen molar-refractivity contribution in [2.24, 2.45) is 5.92 Å². The fraction of sp³-hybridized carbons (Fsp3) is 0.294. The van der Waals surface area contributed by atoms with E-state index in [1.54, 1.807) is 4.52 Å². The zero-order valence-electron chi connectivity index (χ0n) is 12.8. The minimum absolute atomic E-state index is 0.599. The Balaban J connectivity index is 1.84. The van der Waals surface area contributed by atoms with Crippen molar-refractivity contribution in [3.63, 3.8) is 0 Å². The van der Waals surface area contributed by atoms with Gasteiger partial charge in [0.25, 0.3) is 5.78 Å². The van der Waals surface area contributed by atoms with E-state index in [-0.39, 0.29) is 0 Å². The van der Waals surface area contributed by atoms with Gasteiger partial charge in [-0.05, 0) is 24.5 Å². The average Bonchev–Trinajstić information content (AvgIpc) is 3.22. The van der Waals surface area contributed by atoms with Gasteiger partial charge in [-0.25, -0.2) is 0 Å². The minimum atomic E-state index is 0.599. The lowest BCUT2D eigenvalue weighted by Gasteiger charge is -2.18. The predicted molar refractivity (Wildman–Crippen MR) is 86.9 cm³/mol. The molecule has 2 aromatic heterocycles. The first-order valence-corrected chi connectivity index (χ1v) is 7.71. The molecule has 0 bridgehead atoms. The van der Waals surface area contributed by atoms with Gasteiger partial charge in [-0.2, -0.15) is 24.8 Å². The molecule has 1 unspecified atom stereocenters. The maximum Gasteiger partial charge on any atom is 0.254 e. The molecule has 1 aliphatic rings. The molecule has 0 spiro atoms. The highest BCUT2D eigenvalue weighted by molar-refractivity contribution is 5.67. The normalized spacial score (nSPS) is 17.6. The van der Waals surface area contributed by atoms with E-state index in [2.05, 4.69) is 39.0 Å². The topological polar surface area (TPSA) is 70.1 Å². The van der Waals surface area contributed by atoms with Crippen molar-refractivity contribution in [1.29, 1.82) is 5.26 Å². The van der Waals surface area contributed by atoms with E-state index in [9.17, 15) is 0 Å². The quantitative estimate of drug-likeness (QED) is 0.727. The molecule has 1 atom stereocenters. The van der Waals surface area contributed by atoms with Crippen LogP contribution in [0, 0.1) is 17.2 Å².